The molecule has 4 N–H and O–H groups in total. The summed E-state index contributed by atoms with van der Waals surface area (Å²) in [6, 6.07) is -0.366. The lowest BCUT2D eigenvalue weighted by Gasteiger charge is -2.38. The number of carbonyl (C=O) groups is 2. The van der Waals surface area contributed by atoms with E-state index in [0.29, 0.717) is 12.8 Å². The highest BCUT2D eigenvalue weighted by atomic mass is 16.5. The Bertz CT molecular complexity index is 425. The Balaban J connectivity index is 2.75. The molecule has 1 saturated heterocycles. The van der Waals surface area contributed by atoms with Gasteiger partial charge in [0.15, 0.2) is 6.10 Å². The molecule has 7 heteroatoms. The maximum Gasteiger partial charge on any atom is 0.332 e. The summed E-state index contributed by atoms with van der Waals surface area (Å²) in [7, 11) is 0. The van der Waals surface area contributed by atoms with Crippen LogP contribution in [-0.2, 0) is 14.3 Å². The van der Waals surface area contributed by atoms with Gasteiger partial charge < -0.3 is 25.4 Å². The zero-order valence-electron chi connectivity index (χ0n) is 14.8. The number of unbranched alkanes of at least 4 members (excludes halogenated alkanes) is 1. The predicted molar refractivity (Wildman–Crippen MR) is 88.5 cm³/mol. The van der Waals surface area contributed by atoms with E-state index in [1.165, 1.54) is 0 Å². The zero-order valence-corrected chi connectivity index (χ0v) is 14.8. The second-order valence-corrected chi connectivity index (χ2v) is 7.22. The van der Waals surface area contributed by atoms with Gasteiger partial charge in [0, 0.05) is 11.8 Å². The first-order valence-corrected chi connectivity index (χ1v) is 8.69. The molecule has 1 aliphatic heterocycles. The monoisotopic (exact) mass is 345 g/mol. The van der Waals surface area contributed by atoms with Crippen LogP contribution in [0.5, 0.6) is 0 Å². The molecule has 2 unspecified atom stereocenters. The number of hydrogen-bond acceptors (Lipinski definition) is 5. The van der Waals surface area contributed by atoms with Crippen molar-refractivity contribution >= 4 is 11.9 Å². The van der Waals surface area contributed by atoms with Crippen molar-refractivity contribution in [2.45, 2.75) is 83.6 Å². The Morgan fingerprint density at radius 2 is 2.00 bits per heavy atom. The molecule has 0 aromatic heterocycles. The zero-order chi connectivity index (χ0) is 18.3. The van der Waals surface area contributed by atoms with Crippen molar-refractivity contribution in [2.75, 3.05) is 6.61 Å². The van der Waals surface area contributed by atoms with Crippen LogP contribution < -0.4 is 5.32 Å². The minimum absolute atomic E-state index is 0.0839. The van der Waals surface area contributed by atoms with Crippen LogP contribution >= 0.6 is 0 Å². The van der Waals surface area contributed by atoms with Crippen molar-refractivity contribution in [1.29, 1.82) is 0 Å². The molecule has 0 aliphatic carbocycles. The Morgan fingerprint density at radius 3 is 2.54 bits per heavy atom. The van der Waals surface area contributed by atoms with Crippen LogP contribution in [0.3, 0.4) is 0 Å². The van der Waals surface area contributed by atoms with E-state index in [9.17, 15) is 14.7 Å². The molecule has 7 nitrogen and oxygen atoms in total. The number of hydrogen-bond donors (Lipinski definition) is 4. The lowest BCUT2D eigenvalue weighted by molar-refractivity contribution is -0.164. The van der Waals surface area contributed by atoms with Crippen LogP contribution in [0.4, 0.5) is 0 Å². The third-order valence-corrected chi connectivity index (χ3v) is 4.60. The molecular formula is C17H31NO6. The van der Waals surface area contributed by atoms with E-state index in [1.807, 2.05) is 13.8 Å². The quantitative estimate of drug-likeness (QED) is 0.497. The Kier molecular flexibility index (Phi) is 8.12. The molecule has 1 amide bonds. The highest BCUT2D eigenvalue weighted by Gasteiger charge is 2.38. The molecule has 1 heterocycles. The maximum atomic E-state index is 12.6. The Morgan fingerprint density at radius 1 is 1.33 bits per heavy atom. The SMILES string of the molecule is CCCCC(C)(C)C(=O)NC1CCC(C(=O)O)O[C@H]1C[C@H](O)CO. The normalized spacial score (nSPS) is 26.0. The summed E-state index contributed by atoms with van der Waals surface area (Å²) < 4.78 is 5.54. The number of nitrogens with one attached hydrogen (secondary N) is 1. The number of carboxylic acids is 1. The first kappa shape index (κ1) is 20.9. The summed E-state index contributed by atoms with van der Waals surface area (Å²) in [6.07, 6.45) is 1.01. The summed E-state index contributed by atoms with van der Waals surface area (Å²) >= 11 is 0. The Labute approximate surface area is 143 Å². The lowest BCUT2D eigenvalue weighted by Crippen LogP contribution is -2.54. The van der Waals surface area contributed by atoms with Gasteiger partial charge in [-0.1, -0.05) is 33.6 Å². The molecule has 140 valence electrons. The molecule has 1 rings (SSSR count). The largest absolute Gasteiger partial charge is 0.479 e. The van der Waals surface area contributed by atoms with Crippen molar-refractivity contribution < 1.29 is 29.6 Å². The van der Waals surface area contributed by atoms with Gasteiger partial charge in [-0.15, -0.1) is 0 Å². The van der Waals surface area contributed by atoms with E-state index in [0.717, 1.165) is 19.3 Å². The molecule has 24 heavy (non-hydrogen) atoms. The molecule has 0 radical (unpaired) electrons. The topological polar surface area (TPSA) is 116 Å². The number of aliphatic carboxylic acids is 1. The third kappa shape index (κ3) is 6.03. The summed E-state index contributed by atoms with van der Waals surface area (Å²) in [4.78, 5) is 23.7. The summed E-state index contributed by atoms with van der Waals surface area (Å²) in [5.41, 5.74) is -0.514. The van der Waals surface area contributed by atoms with Crippen molar-refractivity contribution in [2.24, 2.45) is 5.41 Å². The van der Waals surface area contributed by atoms with Crippen molar-refractivity contribution in [1.82, 2.24) is 5.32 Å². The number of aliphatic hydroxyl groups is 2. The number of carbonyl (C=O) groups excluding carboxylic acids is 1. The fourth-order valence-electron chi connectivity index (χ4n) is 2.90. The van der Waals surface area contributed by atoms with E-state index < -0.39 is 36.3 Å². The fourth-order valence-corrected chi connectivity index (χ4v) is 2.90. The summed E-state index contributed by atoms with van der Waals surface area (Å²) in [5.74, 6) is -1.15. The van der Waals surface area contributed by atoms with E-state index in [1.54, 1.807) is 0 Å². The van der Waals surface area contributed by atoms with E-state index in [2.05, 4.69) is 12.2 Å². The fraction of sp³-hybridized carbons (Fsp3) is 0.882. The van der Waals surface area contributed by atoms with Gasteiger partial charge in [-0.05, 0) is 19.3 Å². The van der Waals surface area contributed by atoms with Gasteiger partial charge in [0.1, 0.15) is 0 Å². The molecule has 0 bridgehead atoms. The van der Waals surface area contributed by atoms with Crippen LogP contribution in [0.1, 0.15) is 59.3 Å². The van der Waals surface area contributed by atoms with Crippen LogP contribution in [0.15, 0.2) is 0 Å². The summed E-state index contributed by atoms with van der Waals surface area (Å²) in [6.45, 7) is 5.42. The molecule has 0 aromatic rings. The first-order chi connectivity index (χ1) is 11.2. The van der Waals surface area contributed by atoms with Crippen molar-refractivity contribution in [3.05, 3.63) is 0 Å². The maximum absolute atomic E-state index is 12.6. The second kappa shape index (κ2) is 9.34. The molecular weight excluding hydrogens is 314 g/mol. The lowest BCUT2D eigenvalue weighted by atomic mass is 9.85. The Hall–Kier alpha value is -1.18. The van der Waals surface area contributed by atoms with Gasteiger partial charge in [0.05, 0.1) is 24.9 Å². The molecule has 4 atom stereocenters. The minimum atomic E-state index is -1.05. The van der Waals surface area contributed by atoms with Crippen LogP contribution in [0.2, 0.25) is 0 Å². The highest BCUT2D eigenvalue weighted by Crippen LogP contribution is 2.27. The standard InChI is InChI=1S/C17H31NO6/c1-4-5-8-17(2,3)16(23)18-12-6-7-13(15(21)22)24-14(12)9-11(20)10-19/h11-14,19-20H,4-10H2,1-3H3,(H,18,23)(H,21,22)/t11-,12?,13?,14-/m0/s1. The number of ether oxygens (including phenoxy) is 1. The molecule has 1 aliphatic rings. The van der Waals surface area contributed by atoms with E-state index >= 15 is 0 Å². The van der Waals surface area contributed by atoms with E-state index in [-0.39, 0.29) is 18.4 Å². The third-order valence-electron chi connectivity index (χ3n) is 4.60. The highest BCUT2D eigenvalue weighted by molar-refractivity contribution is 5.82. The molecule has 0 aromatic carbocycles. The summed E-state index contributed by atoms with van der Waals surface area (Å²) in [5, 5.41) is 30.8. The average Bonchev–Trinajstić information content (AvgIpc) is 2.53. The number of aliphatic hydroxyl groups excluding tert-OH is 2. The average molecular weight is 345 g/mol. The van der Waals surface area contributed by atoms with Gasteiger partial charge in [-0.2, -0.15) is 0 Å². The number of amides is 1. The van der Waals surface area contributed by atoms with Crippen molar-refractivity contribution in [3.8, 4) is 0 Å². The van der Waals surface area contributed by atoms with Crippen LogP contribution in [-0.4, -0.2) is 58.2 Å². The van der Waals surface area contributed by atoms with E-state index in [4.69, 9.17) is 14.9 Å². The first-order valence-electron chi connectivity index (χ1n) is 8.69. The van der Waals surface area contributed by atoms with Gasteiger partial charge >= 0.3 is 5.97 Å². The molecule has 0 saturated carbocycles. The van der Waals surface area contributed by atoms with Gasteiger partial charge in [-0.25, -0.2) is 4.79 Å². The van der Waals surface area contributed by atoms with Gasteiger partial charge in [0.2, 0.25) is 5.91 Å². The van der Waals surface area contributed by atoms with Gasteiger partial charge in [-0.3, -0.25) is 4.79 Å². The number of carboxylic acid groups (broad SMARTS) is 1. The second-order valence-electron chi connectivity index (χ2n) is 7.22. The van der Waals surface area contributed by atoms with Gasteiger partial charge in [0.25, 0.3) is 0 Å². The van der Waals surface area contributed by atoms with Crippen LogP contribution in [0.25, 0.3) is 0 Å². The molecule has 0 spiro atoms. The predicted octanol–water partition coefficient (Wildman–Crippen LogP) is 1.06. The smallest absolute Gasteiger partial charge is 0.332 e. The molecule has 1 fully saturated rings. The van der Waals surface area contributed by atoms with Crippen LogP contribution in [0, 0.1) is 5.41 Å². The number of rotatable bonds is 9. The van der Waals surface area contributed by atoms with Crippen molar-refractivity contribution in [3.63, 3.8) is 0 Å². The minimum Gasteiger partial charge on any atom is -0.479 e.